The molecule has 5 nitrogen and oxygen atoms in total. The van der Waals surface area contributed by atoms with E-state index in [4.69, 9.17) is 5.73 Å². The SMILES string of the molecule is CCCC(CN)C(=O)c1cnnn1-c1ccccc1. The molecule has 0 aliphatic rings. The molecule has 0 saturated carbocycles. The number of nitrogens with zero attached hydrogens (tertiary/aromatic N) is 3. The Morgan fingerprint density at radius 3 is 2.74 bits per heavy atom. The second-order valence-electron chi connectivity index (χ2n) is 4.45. The van der Waals surface area contributed by atoms with E-state index in [0.29, 0.717) is 12.2 Å². The third-order valence-corrected chi connectivity index (χ3v) is 3.09. The van der Waals surface area contributed by atoms with E-state index in [-0.39, 0.29) is 11.7 Å². The molecule has 1 heterocycles. The van der Waals surface area contributed by atoms with Crippen LogP contribution in [0.15, 0.2) is 36.5 Å². The summed E-state index contributed by atoms with van der Waals surface area (Å²) in [5, 5.41) is 7.84. The van der Waals surface area contributed by atoms with Gasteiger partial charge in [-0.2, -0.15) is 0 Å². The molecule has 2 rings (SSSR count). The molecular weight excluding hydrogens is 240 g/mol. The van der Waals surface area contributed by atoms with Crippen LogP contribution in [0.3, 0.4) is 0 Å². The van der Waals surface area contributed by atoms with Crippen molar-refractivity contribution in [3.05, 3.63) is 42.2 Å². The summed E-state index contributed by atoms with van der Waals surface area (Å²) in [5.41, 5.74) is 7.01. The predicted octanol–water partition coefficient (Wildman–Crippen LogP) is 1.82. The van der Waals surface area contributed by atoms with E-state index >= 15 is 0 Å². The van der Waals surface area contributed by atoms with Gasteiger partial charge in [-0.05, 0) is 18.6 Å². The Morgan fingerprint density at radius 1 is 1.37 bits per heavy atom. The van der Waals surface area contributed by atoms with Gasteiger partial charge in [0.05, 0.1) is 11.9 Å². The first-order valence-electron chi connectivity index (χ1n) is 6.48. The molecule has 0 aliphatic heterocycles. The number of ketones is 1. The standard InChI is InChI=1S/C14H18N4O/c1-2-6-11(9-15)14(19)13-10-16-17-18(13)12-7-4-3-5-8-12/h3-5,7-8,10-11H,2,6,9,15H2,1H3. The van der Waals surface area contributed by atoms with Crippen LogP contribution >= 0.6 is 0 Å². The van der Waals surface area contributed by atoms with Gasteiger partial charge >= 0.3 is 0 Å². The van der Waals surface area contributed by atoms with Gasteiger partial charge < -0.3 is 5.73 Å². The Morgan fingerprint density at radius 2 is 2.11 bits per heavy atom. The summed E-state index contributed by atoms with van der Waals surface area (Å²) in [6, 6.07) is 9.50. The Bertz CT molecular complexity index is 535. The highest BCUT2D eigenvalue weighted by molar-refractivity contribution is 5.96. The van der Waals surface area contributed by atoms with Crippen molar-refractivity contribution in [2.24, 2.45) is 11.7 Å². The minimum atomic E-state index is -0.161. The first kappa shape index (κ1) is 13.4. The smallest absolute Gasteiger partial charge is 0.187 e. The summed E-state index contributed by atoms with van der Waals surface area (Å²) >= 11 is 0. The van der Waals surface area contributed by atoms with Crippen LogP contribution in [0.5, 0.6) is 0 Å². The molecule has 0 fully saturated rings. The average molecular weight is 258 g/mol. The maximum atomic E-state index is 12.4. The van der Waals surface area contributed by atoms with Crippen LogP contribution in [-0.4, -0.2) is 27.3 Å². The molecule has 0 spiro atoms. The second-order valence-corrected chi connectivity index (χ2v) is 4.45. The highest BCUT2D eigenvalue weighted by Gasteiger charge is 2.22. The zero-order valence-corrected chi connectivity index (χ0v) is 11.0. The maximum absolute atomic E-state index is 12.4. The van der Waals surface area contributed by atoms with Gasteiger partial charge in [-0.15, -0.1) is 5.10 Å². The summed E-state index contributed by atoms with van der Waals surface area (Å²) in [6.07, 6.45) is 3.23. The van der Waals surface area contributed by atoms with Crippen molar-refractivity contribution < 1.29 is 4.79 Å². The van der Waals surface area contributed by atoms with E-state index in [1.165, 1.54) is 6.20 Å². The number of rotatable bonds is 6. The number of carbonyl (C=O) groups is 1. The molecule has 0 amide bonds. The van der Waals surface area contributed by atoms with E-state index in [0.717, 1.165) is 18.5 Å². The Labute approximate surface area is 112 Å². The quantitative estimate of drug-likeness (QED) is 0.802. The highest BCUT2D eigenvalue weighted by Crippen LogP contribution is 2.15. The average Bonchev–Trinajstić information content (AvgIpc) is 2.94. The molecule has 19 heavy (non-hydrogen) atoms. The van der Waals surface area contributed by atoms with Crippen molar-refractivity contribution in [2.75, 3.05) is 6.54 Å². The molecular formula is C14H18N4O. The molecule has 2 N–H and O–H groups in total. The van der Waals surface area contributed by atoms with E-state index in [1.54, 1.807) is 4.68 Å². The maximum Gasteiger partial charge on any atom is 0.187 e. The number of carbonyl (C=O) groups excluding carboxylic acids is 1. The zero-order chi connectivity index (χ0) is 13.7. The Hall–Kier alpha value is -2.01. The number of nitrogens with two attached hydrogens (primary N) is 1. The van der Waals surface area contributed by atoms with Crippen LogP contribution in [0.4, 0.5) is 0 Å². The second kappa shape index (κ2) is 6.24. The summed E-state index contributed by atoms with van der Waals surface area (Å²) in [7, 11) is 0. The topological polar surface area (TPSA) is 73.8 Å². The lowest BCUT2D eigenvalue weighted by Crippen LogP contribution is -2.25. The van der Waals surface area contributed by atoms with Gasteiger partial charge in [-0.3, -0.25) is 4.79 Å². The van der Waals surface area contributed by atoms with E-state index in [1.807, 2.05) is 37.3 Å². The lowest BCUT2D eigenvalue weighted by atomic mass is 9.97. The van der Waals surface area contributed by atoms with Crippen molar-refractivity contribution in [3.63, 3.8) is 0 Å². The van der Waals surface area contributed by atoms with Crippen LogP contribution < -0.4 is 5.73 Å². The molecule has 1 aromatic carbocycles. The molecule has 0 saturated heterocycles. The Balaban J connectivity index is 2.32. The lowest BCUT2D eigenvalue weighted by Gasteiger charge is -2.12. The van der Waals surface area contributed by atoms with Gasteiger partial charge in [0, 0.05) is 12.5 Å². The first-order chi connectivity index (χ1) is 9.27. The number of hydrogen-bond acceptors (Lipinski definition) is 4. The number of aromatic nitrogens is 3. The van der Waals surface area contributed by atoms with Gasteiger partial charge in [0.15, 0.2) is 5.78 Å². The van der Waals surface area contributed by atoms with Gasteiger partial charge in [0.2, 0.25) is 0 Å². The predicted molar refractivity (Wildman–Crippen MR) is 73.1 cm³/mol. The van der Waals surface area contributed by atoms with Crippen molar-refractivity contribution >= 4 is 5.78 Å². The minimum absolute atomic E-state index is 0.0122. The van der Waals surface area contributed by atoms with Gasteiger partial charge in [0.25, 0.3) is 0 Å². The number of Topliss-reactive ketones (excluding diaryl/α,β-unsaturated/α-hetero) is 1. The van der Waals surface area contributed by atoms with Crippen LogP contribution in [0.25, 0.3) is 5.69 Å². The molecule has 0 bridgehead atoms. The van der Waals surface area contributed by atoms with Gasteiger partial charge in [-0.25, -0.2) is 4.68 Å². The monoisotopic (exact) mass is 258 g/mol. The van der Waals surface area contributed by atoms with Crippen LogP contribution in [0.2, 0.25) is 0 Å². The molecule has 0 radical (unpaired) electrons. The van der Waals surface area contributed by atoms with Crippen molar-refractivity contribution in [2.45, 2.75) is 19.8 Å². The van der Waals surface area contributed by atoms with Crippen LogP contribution in [-0.2, 0) is 0 Å². The van der Waals surface area contributed by atoms with Crippen molar-refractivity contribution in [1.29, 1.82) is 0 Å². The fourth-order valence-electron chi connectivity index (χ4n) is 2.08. The number of hydrogen-bond donors (Lipinski definition) is 1. The summed E-state index contributed by atoms with van der Waals surface area (Å²) < 4.78 is 1.57. The number of para-hydroxylation sites is 1. The summed E-state index contributed by atoms with van der Waals surface area (Å²) in [6.45, 7) is 2.40. The molecule has 2 aromatic rings. The fourth-order valence-corrected chi connectivity index (χ4v) is 2.08. The Kier molecular flexibility index (Phi) is 4.41. The van der Waals surface area contributed by atoms with E-state index in [2.05, 4.69) is 10.3 Å². The zero-order valence-electron chi connectivity index (χ0n) is 11.0. The van der Waals surface area contributed by atoms with Crippen LogP contribution in [0, 0.1) is 5.92 Å². The lowest BCUT2D eigenvalue weighted by molar-refractivity contribution is 0.0909. The van der Waals surface area contributed by atoms with Crippen molar-refractivity contribution in [3.8, 4) is 5.69 Å². The van der Waals surface area contributed by atoms with Gasteiger partial charge in [0.1, 0.15) is 5.69 Å². The van der Waals surface area contributed by atoms with E-state index in [9.17, 15) is 4.79 Å². The normalized spacial score (nSPS) is 12.3. The minimum Gasteiger partial charge on any atom is -0.330 e. The summed E-state index contributed by atoms with van der Waals surface area (Å²) in [5.74, 6) is -0.149. The molecule has 1 unspecified atom stereocenters. The first-order valence-corrected chi connectivity index (χ1v) is 6.48. The van der Waals surface area contributed by atoms with Crippen molar-refractivity contribution in [1.82, 2.24) is 15.0 Å². The molecule has 5 heteroatoms. The number of benzene rings is 1. The van der Waals surface area contributed by atoms with E-state index < -0.39 is 0 Å². The molecule has 0 aliphatic carbocycles. The third kappa shape index (κ3) is 2.88. The third-order valence-electron chi connectivity index (χ3n) is 3.09. The van der Waals surface area contributed by atoms with Crippen LogP contribution in [0.1, 0.15) is 30.3 Å². The largest absolute Gasteiger partial charge is 0.330 e. The highest BCUT2D eigenvalue weighted by atomic mass is 16.1. The fraction of sp³-hybridized carbons (Fsp3) is 0.357. The molecule has 1 atom stereocenters. The summed E-state index contributed by atoms with van der Waals surface area (Å²) in [4.78, 5) is 12.4. The van der Waals surface area contributed by atoms with Gasteiger partial charge in [-0.1, -0.05) is 36.8 Å². The molecule has 1 aromatic heterocycles. The molecule has 100 valence electrons.